The van der Waals surface area contributed by atoms with E-state index in [1.807, 2.05) is 48.5 Å². The molecule has 3 aromatic rings. The molecule has 1 amide bonds. The van der Waals surface area contributed by atoms with Crippen molar-refractivity contribution < 1.29 is 17.9 Å². The number of carbonyl (C=O) groups excluding carboxylic acids is 1. The van der Waals surface area contributed by atoms with Crippen LogP contribution < -0.4 is 10.1 Å². The zero-order valence-corrected chi connectivity index (χ0v) is 20.1. The van der Waals surface area contributed by atoms with Gasteiger partial charge in [-0.1, -0.05) is 32.9 Å². The molecule has 2 aromatic carbocycles. The number of ether oxygens (including phenoxy) is 1. The molecule has 0 spiro atoms. The summed E-state index contributed by atoms with van der Waals surface area (Å²) in [7, 11) is -1.51. The van der Waals surface area contributed by atoms with Gasteiger partial charge < -0.3 is 10.1 Å². The molecule has 1 saturated heterocycles. The van der Waals surface area contributed by atoms with Crippen LogP contribution in [0.2, 0.25) is 0 Å². The molecule has 7 nitrogen and oxygen atoms in total. The van der Waals surface area contributed by atoms with Crippen LogP contribution in [0.3, 0.4) is 0 Å². The van der Waals surface area contributed by atoms with Crippen molar-refractivity contribution in [2.24, 2.45) is 0 Å². The zero-order chi connectivity index (χ0) is 23.8. The third-order valence-electron chi connectivity index (χ3n) is 5.92. The van der Waals surface area contributed by atoms with Crippen LogP contribution in [0.1, 0.15) is 49.3 Å². The van der Waals surface area contributed by atoms with Crippen molar-refractivity contribution in [3.63, 3.8) is 0 Å². The summed E-state index contributed by atoms with van der Waals surface area (Å²) in [5.41, 5.74) is 3.65. The number of carbonyl (C=O) groups is 1. The van der Waals surface area contributed by atoms with Crippen molar-refractivity contribution >= 4 is 21.4 Å². The van der Waals surface area contributed by atoms with Crippen LogP contribution in [0, 0.1) is 0 Å². The Morgan fingerprint density at radius 1 is 1.09 bits per heavy atom. The number of hydrogen-bond acceptors (Lipinski definition) is 5. The molecule has 4 rings (SSSR count). The molecule has 0 aliphatic carbocycles. The molecular weight excluding hydrogens is 438 g/mol. The minimum atomic E-state index is -3.11. The summed E-state index contributed by atoms with van der Waals surface area (Å²) in [4.78, 5) is 13.0. The average molecular weight is 468 g/mol. The van der Waals surface area contributed by atoms with Crippen molar-refractivity contribution in [3.8, 4) is 17.0 Å². The van der Waals surface area contributed by atoms with Crippen LogP contribution in [0.15, 0.2) is 54.6 Å². The first-order valence-electron chi connectivity index (χ1n) is 10.9. The molecule has 1 fully saturated rings. The molecular formula is C25H29N3O4S. The van der Waals surface area contributed by atoms with E-state index in [4.69, 9.17) is 4.74 Å². The van der Waals surface area contributed by atoms with Gasteiger partial charge in [0.15, 0.2) is 15.5 Å². The highest BCUT2D eigenvalue weighted by atomic mass is 32.2. The Hall–Kier alpha value is -3.13. The minimum absolute atomic E-state index is 0.0210. The van der Waals surface area contributed by atoms with Crippen LogP contribution in [0.5, 0.6) is 5.75 Å². The molecule has 0 unspecified atom stereocenters. The topological polar surface area (TPSA) is 90.3 Å². The van der Waals surface area contributed by atoms with Gasteiger partial charge in [0, 0.05) is 11.3 Å². The van der Waals surface area contributed by atoms with Gasteiger partial charge in [0.05, 0.1) is 30.4 Å². The Labute approximate surface area is 194 Å². The van der Waals surface area contributed by atoms with E-state index < -0.39 is 9.84 Å². The Kier molecular flexibility index (Phi) is 6.05. The van der Waals surface area contributed by atoms with Crippen LogP contribution in [0.25, 0.3) is 11.3 Å². The lowest BCUT2D eigenvalue weighted by Gasteiger charge is -2.19. The van der Waals surface area contributed by atoms with Gasteiger partial charge in [0.2, 0.25) is 0 Å². The molecule has 1 aromatic heterocycles. The number of aromatic nitrogens is 2. The van der Waals surface area contributed by atoms with Crippen LogP contribution >= 0.6 is 0 Å². The van der Waals surface area contributed by atoms with E-state index in [1.165, 1.54) is 5.56 Å². The second-order valence-electron chi connectivity index (χ2n) is 9.43. The lowest BCUT2D eigenvalue weighted by Crippen LogP contribution is -2.17. The number of methoxy groups -OCH3 is 1. The van der Waals surface area contributed by atoms with E-state index in [0.29, 0.717) is 23.6 Å². The summed E-state index contributed by atoms with van der Waals surface area (Å²) in [5, 5.41) is 7.44. The summed E-state index contributed by atoms with van der Waals surface area (Å²) < 4.78 is 31.1. The SMILES string of the molecule is COc1ccc(-c2cc(C(=O)Nc3ccc(C(C)(C)C)cc3)nn2[C@H]2CCS(=O)(=O)C2)cc1. The highest BCUT2D eigenvalue weighted by molar-refractivity contribution is 7.91. The van der Waals surface area contributed by atoms with Gasteiger partial charge in [-0.2, -0.15) is 5.10 Å². The van der Waals surface area contributed by atoms with Gasteiger partial charge in [0.25, 0.3) is 5.91 Å². The van der Waals surface area contributed by atoms with E-state index in [1.54, 1.807) is 17.9 Å². The van der Waals surface area contributed by atoms with Crippen molar-refractivity contribution in [3.05, 3.63) is 65.9 Å². The number of benzene rings is 2. The van der Waals surface area contributed by atoms with Crippen LogP contribution in [-0.2, 0) is 15.3 Å². The molecule has 1 atom stereocenters. The summed E-state index contributed by atoms with van der Waals surface area (Å²) in [6.07, 6.45) is 0.475. The first-order valence-corrected chi connectivity index (χ1v) is 12.7. The fourth-order valence-corrected chi connectivity index (χ4v) is 5.67. The average Bonchev–Trinajstić information content (AvgIpc) is 3.37. The van der Waals surface area contributed by atoms with Gasteiger partial charge >= 0.3 is 0 Å². The Morgan fingerprint density at radius 2 is 1.76 bits per heavy atom. The maximum Gasteiger partial charge on any atom is 0.276 e. The summed E-state index contributed by atoms with van der Waals surface area (Å²) in [6.45, 7) is 6.41. The van der Waals surface area contributed by atoms with Gasteiger partial charge in [-0.25, -0.2) is 8.42 Å². The summed E-state index contributed by atoms with van der Waals surface area (Å²) in [5.74, 6) is 0.520. The quantitative estimate of drug-likeness (QED) is 0.598. The number of sulfone groups is 1. The number of rotatable bonds is 5. The third-order valence-corrected chi connectivity index (χ3v) is 7.67. The molecule has 1 aliphatic rings. The second kappa shape index (κ2) is 8.67. The number of amides is 1. The maximum absolute atomic E-state index is 13.0. The van der Waals surface area contributed by atoms with Crippen molar-refractivity contribution in [1.82, 2.24) is 9.78 Å². The first kappa shape index (κ1) is 23.0. The second-order valence-corrected chi connectivity index (χ2v) is 11.7. The Balaban J connectivity index is 1.64. The van der Waals surface area contributed by atoms with Crippen LogP contribution in [-0.4, -0.2) is 42.7 Å². The highest BCUT2D eigenvalue weighted by Crippen LogP contribution is 2.31. The Bertz CT molecular complexity index is 1250. The van der Waals surface area contributed by atoms with Gasteiger partial charge in [-0.3, -0.25) is 9.48 Å². The summed E-state index contributed by atoms with van der Waals surface area (Å²) in [6, 6.07) is 16.6. The molecule has 0 radical (unpaired) electrons. The van der Waals surface area contributed by atoms with Crippen LogP contribution in [0.4, 0.5) is 5.69 Å². The zero-order valence-electron chi connectivity index (χ0n) is 19.3. The molecule has 1 aliphatic heterocycles. The van der Waals surface area contributed by atoms with E-state index in [2.05, 4.69) is 31.2 Å². The molecule has 8 heteroatoms. The van der Waals surface area contributed by atoms with Gasteiger partial charge in [0.1, 0.15) is 5.75 Å². The monoisotopic (exact) mass is 467 g/mol. The normalized spacial score (nSPS) is 17.6. The standard InChI is InChI=1S/C25H29N3O4S/c1-25(2,3)18-7-9-19(10-8-18)26-24(29)22-15-23(17-5-11-21(32-4)12-6-17)28(27-22)20-13-14-33(30,31)16-20/h5-12,15,20H,13-14,16H2,1-4H3,(H,26,29)/t20-/m0/s1. The third kappa shape index (κ3) is 5.11. The first-order chi connectivity index (χ1) is 15.6. The number of hydrogen-bond donors (Lipinski definition) is 1. The predicted octanol–water partition coefficient (Wildman–Crippen LogP) is 4.47. The predicted molar refractivity (Wildman–Crippen MR) is 130 cm³/mol. The van der Waals surface area contributed by atoms with Crippen molar-refractivity contribution in [1.29, 1.82) is 0 Å². The van der Waals surface area contributed by atoms with Gasteiger partial charge in [-0.05, 0) is 59.9 Å². The largest absolute Gasteiger partial charge is 0.497 e. The van der Waals surface area contributed by atoms with E-state index in [0.717, 1.165) is 5.56 Å². The molecule has 0 saturated carbocycles. The maximum atomic E-state index is 13.0. The fourth-order valence-electron chi connectivity index (χ4n) is 3.98. The molecule has 2 heterocycles. The lowest BCUT2D eigenvalue weighted by molar-refractivity contribution is 0.102. The molecule has 0 bridgehead atoms. The van der Waals surface area contributed by atoms with E-state index >= 15 is 0 Å². The Morgan fingerprint density at radius 3 is 2.30 bits per heavy atom. The van der Waals surface area contributed by atoms with E-state index in [9.17, 15) is 13.2 Å². The van der Waals surface area contributed by atoms with Gasteiger partial charge in [-0.15, -0.1) is 0 Å². The lowest BCUT2D eigenvalue weighted by atomic mass is 9.87. The fraction of sp³-hybridized carbons (Fsp3) is 0.360. The molecule has 174 valence electrons. The number of nitrogens with zero attached hydrogens (tertiary/aromatic N) is 2. The number of anilines is 1. The van der Waals surface area contributed by atoms with Crippen molar-refractivity contribution in [2.45, 2.75) is 38.6 Å². The van der Waals surface area contributed by atoms with Crippen molar-refractivity contribution in [2.75, 3.05) is 23.9 Å². The number of nitrogens with one attached hydrogen (secondary N) is 1. The smallest absolute Gasteiger partial charge is 0.276 e. The summed E-state index contributed by atoms with van der Waals surface area (Å²) >= 11 is 0. The molecule has 1 N–H and O–H groups in total. The van der Waals surface area contributed by atoms with E-state index in [-0.39, 0.29) is 34.6 Å². The molecule has 33 heavy (non-hydrogen) atoms. The minimum Gasteiger partial charge on any atom is -0.497 e. The highest BCUT2D eigenvalue weighted by Gasteiger charge is 2.32.